The van der Waals surface area contributed by atoms with Gasteiger partial charge in [-0.25, -0.2) is 27.4 Å². The smallest absolute Gasteiger partial charge is 0.299 e. The van der Waals surface area contributed by atoms with Gasteiger partial charge in [-0.05, 0) is 13.6 Å². The molecule has 0 amide bonds. The summed E-state index contributed by atoms with van der Waals surface area (Å²) < 4.78 is 114. The Kier molecular flexibility index (Phi) is 31.0. The first-order chi connectivity index (χ1) is 15.8. The third kappa shape index (κ3) is 351. The molecule has 1 rings (SSSR count). The number of hydrogen-bond acceptors (Lipinski definition) is 8. The first kappa shape index (κ1) is 51.2. The van der Waals surface area contributed by atoms with Crippen LogP contribution in [0.3, 0.4) is 0 Å². The average molecular weight is 714 g/mol. The lowest BCUT2D eigenvalue weighted by Gasteiger charge is -2.10. The summed E-state index contributed by atoms with van der Waals surface area (Å²) in [5.41, 5.74) is 0. The first-order valence-electron chi connectivity index (χ1n) is 7.75. The van der Waals surface area contributed by atoms with Crippen molar-refractivity contribution in [2.24, 2.45) is 0 Å². The number of likely N-dealkylation sites (N-methyl/N-ethyl adjacent to an activating group) is 2. The minimum atomic E-state index is -5.14. The summed E-state index contributed by atoms with van der Waals surface area (Å²) in [6.45, 7) is 7.07. The van der Waals surface area contributed by atoms with Crippen LogP contribution in [0.15, 0.2) is 0 Å². The molecule has 1 aliphatic heterocycles. The monoisotopic (exact) mass is 714 g/mol. The van der Waals surface area contributed by atoms with E-state index in [1.165, 1.54) is 19.6 Å². The predicted octanol–water partition coefficient (Wildman–Crippen LogP) is 0.503. The first-order valence-corrected chi connectivity index (χ1v) is 16.8. The van der Waals surface area contributed by atoms with Crippen molar-refractivity contribution in [2.45, 2.75) is 6.92 Å². The van der Waals surface area contributed by atoms with Crippen LogP contribution in [0.2, 0.25) is 0 Å². The Morgan fingerprint density at radius 3 is 0.711 bits per heavy atom. The second-order valence-electron chi connectivity index (χ2n) is 5.27. The van der Waals surface area contributed by atoms with E-state index in [0.717, 1.165) is 6.67 Å². The summed E-state index contributed by atoms with van der Waals surface area (Å²) in [5.74, 6) is 0. The van der Waals surface area contributed by atoms with Gasteiger partial charge in [0.05, 0.1) is 6.67 Å². The summed E-state index contributed by atoms with van der Waals surface area (Å²) >= 11 is 0. The highest BCUT2D eigenvalue weighted by molar-refractivity contribution is 7.46. The molecule has 240 valence electrons. The molecule has 0 aliphatic carbocycles. The summed E-state index contributed by atoms with van der Waals surface area (Å²) in [4.78, 5) is 88.4. The van der Waals surface area contributed by atoms with E-state index < -0.39 is 47.4 Å². The van der Waals surface area contributed by atoms with Crippen molar-refractivity contribution >= 4 is 47.4 Å². The molecule has 1 aliphatic rings. The van der Waals surface area contributed by atoms with Crippen LogP contribution < -0.4 is 0 Å². The summed E-state index contributed by atoms with van der Waals surface area (Å²) in [7, 11) is -28.7. The van der Waals surface area contributed by atoms with Gasteiger partial charge in [0.15, 0.2) is 0 Å². The van der Waals surface area contributed by atoms with E-state index in [-0.39, 0.29) is 0 Å². The lowest BCUT2D eigenvalue weighted by molar-refractivity contribution is 0.286. The lowest BCUT2D eigenvalue weighted by atomic mass is 10.6. The zero-order chi connectivity index (χ0) is 33.0. The van der Waals surface area contributed by atoms with Gasteiger partial charge in [0.1, 0.15) is 0 Å². The highest BCUT2D eigenvalue weighted by Gasteiger charge is 2.13. The van der Waals surface area contributed by atoms with E-state index in [4.69, 9.17) is 86.1 Å². The van der Waals surface area contributed by atoms with Gasteiger partial charge in [-0.15, -0.1) is 25.2 Å². The van der Waals surface area contributed by atoms with Gasteiger partial charge in [0.2, 0.25) is 0 Å². The van der Waals surface area contributed by atoms with E-state index in [1.807, 2.05) is 0 Å². The summed E-state index contributed by atoms with van der Waals surface area (Å²) in [6.07, 6.45) is 0. The fourth-order valence-corrected chi connectivity index (χ4v) is 1.05. The number of nitrogens with zero attached hydrogens (tertiary/aromatic N) is 2. The van der Waals surface area contributed by atoms with E-state index in [2.05, 4.69) is 23.8 Å². The molecule has 38 heavy (non-hydrogen) atoms. The summed E-state index contributed by atoms with van der Waals surface area (Å²) in [5, 5.41) is 0. The fourth-order valence-electron chi connectivity index (χ4n) is 1.05. The molecule has 0 aromatic rings. The SMILES string of the molecule is CCN1CCN(C)C1.O=P(O)(O)F.O=P(O)(O)F.O=P(O)(O)F.O=P(O)(O)F.O=P(O)(O)F.O=P(O)(O)F. The molecule has 0 atom stereocenters. The second kappa shape index (κ2) is 23.0. The van der Waals surface area contributed by atoms with Crippen molar-refractivity contribution in [2.75, 3.05) is 33.4 Å². The molecule has 0 bridgehead atoms. The van der Waals surface area contributed by atoms with Gasteiger partial charge in [0, 0.05) is 13.1 Å². The van der Waals surface area contributed by atoms with Crippen LogP contribution in [0.1, 0.15) is 6.92 Å². The van der Waals surface area contributed by atoms with E-state index in [1.54, 1.807) is 0 Å². The number of halogens is 6. The van der Waals surface area contributed by atoms with Crippen molar-refractivity contribution in [3.63, 3.8) is 0 Å². The maximum absolute atomic E-state index is 10.4. The normalized spacial score (nSPS) is 14.5. The molecule has 1 saturated heterocycles. The van der Waals surface area contributed by atoms with Gasteiger partial charge in [-0.2, -0.15) is 0 Å². The minimum Gasteiger partial charge on any atom is -0.299 e. The molecule has 0 radical (unpaired) electrons. The van der Waals surface area contributed by atoms with Crippen molar-refractivity contribution in [3.8, 4) is 0 Å². The van der Waals surface area contributed by atoms with Gasteiger partial charge in [0.25, 0.3) is 0 Å². The molecule has 0 spiro atoms. The van der Waals surface area contributed by atoms with Gasteiger partial charge < -0.3 is 0 Å². The minimum absolute atomic E-state index is 1.16. The maximum atomic E-state index is 10.4. The van der Waals surface area contributed by atoms with Crippen LogP contribution in [0, 0.1) is 0 Å². The third-order valence-corrected chi connectivity index (χ3v) is 1.69. The maximum Gasteiger partial charge on any atom is 0.507 e. The Morgan fingerprint density at radius 1 is 0.500 bits per heavy atom. The van der Waals surface area contributed by atoms with Crippen LogP contribution in [0.25, 0.3) is 0 Å². The van der Waals surface area contributed by atoms with Crippen LogP contribution in [0.5, 0.6) is 0 Å². The quantitative estimate of drug-likeness (QED) is 0.130. The van der Waals surface area contributed by atoms with Gasteiger partial charge in [-0.3, -0.25) is 68.5 Å². The molecule has 32 heteroatoms. The van der Waals surface area contributed by atoms with E-state index in [0.29, 0.717) is 0 Å². The van der Waals surface area contributed by atoms with Crippen molar-refractivity contribution in [1.82, 2.24) is 9.80 Å². The standard InChI is InChI=1S/C6H14N2.6FH2O3P/c1-3-8-5-4-7(2)6-8;6*1-5(2,3)4/h3-6H2,1-2H3;6*(H2,2,3,4). The van der Waals surface area contributed by atoms with E-state index >= 15 is 0 Å². The Bertz CT molecular complexity index is 657. The molecule has 12 N–H and O–H groups in total. The van der Waals surface area contributed by atoms with Crippen molar-refractivity contribution in [1.29, 1.82) is 0 Å². The second-order valence-corrected chi connectivity index (χ2v) is 10.9. The van der Waals surface area contributed by atoms with Gasteiger partial charge >= 0.3 is 47.4 Å². The Labute approximate surface area is 209 Å². The zero-order valence-corrected chi connectivity index (χ0v) is 23.9. The molecule has 1 fully saturated rings. The molecular formula is C6H26F6N2O18P6. The molecular weight excluding hydrogens is 688 g/mol. The molecule has 0 aromatic heterocycles. The zero-order valence-electron chi connectivity index (χ0n) is 18.5. The third-order valence-electron chi connectivity index (χ3n) is 1.69. The Balaban J connectivity index is -0.0000000795. The average Bonchev–Trinajstić information content (AvgIpc) is 2.82. The van der Waals surface area contributed by atoms with Crippen LogP contribution in [0.4, 0.5) is 25.2 Å². The van der Waals surface area contributed by atoms with Crippen LogP contribution in [-0.4, -0.2) is 102 Å². The topological polar surface area (TPSA) is 352 Å². The predicted molar refractivity (Wildman–Crippen MR) is 114 cm³/mol. The highest BCUT2D eigenvalue weighted by Crippen LogP contribution is 2.37. The van der Waals surface area contributed by atoms with Gasteiger partial charge in [-0.1, -0.05) is 6.92 Å². The van der Waals surface area contributed by atoms with Crippen LogP contribution in [-0.2, 0) is 27.4 Å². The lowest BCUT2D eigenvalue weighted by Crippen LogP contribution is -2.22. The van der Waals surface area contributed by atoms with Crippen molar-refractivity contribution < 1.29 is 111 Å². The highest BCUT2D eigenvalue weighted by atomic mass is 31.2. The van der Waals surface area contributed by atoms with Crippen LogP contribution >= 0.6 is 47.4 Å². The largest absolute Gasteiger partial charge is 0.507 e. The molecule has 0 saturated carbocycles. The van der Waals surface area contributed by atoms with E-state index in [9.17, 15) is 25.2 Å². The number of rotatable bonds is 1. The van der Waals surface area contributed by atoms with Crippen molar-refractivity contribution in [3.05, 3.63) is 0 Å². The summed E-state index contributed by atoms with van der Waals surface area (Å²) in [6, 6.07) is 0. The molecule has 20 nitrogen and oxygen atoms in total. The molecule has 0 aromatic carbocycles. The Morgan fingerprint density at radius 2 is 0.658 bits per heavy atom. The Hall–Kier alpha value is 0.400. The number of hydrogen-bond donors (Lipinski definition) is 12. The fraction of sp³-hybridized carbons (Fsp3) is 1.00. The molecule has 0 unspecified atom stereocenters. The molecule has 1 heterocycles.